The molecule has 0 aliphatic rings. The second kappa shape index (κ2) is 8.47. The number of hydrogen-bond donors (Lipinski definition) is 2. The molecule has 0 heterocycles. The van der Waals surface area contributed by atoms with Crippen LogP contribution in [0.25, 0.3) is 0 Å². The largest absolute Gasteiger partial charge is 0.378 e. The van der Waals surface area contributed by atoms with Crippen molar-refractivity contribution in [2.75, 3.05) is 25.5 Å². The molecule has 0 spiro atoms. The van der Waals surface area contributed by atoms with Crippen LogP contribution in [0, 0.1) is 0 Å². The van der Waals surface area contributed by atoms with E-state index >= 15 is 0 Å². The zero-order valence-corrected chi connectivity index (χ0v) is 13.7. The quantitative estimate of drug-likeness (QED) is 0.626. The van der Waals surface area contributed by atoms with Crippen molar-refractivity contribution < 1.29 is 9.59 Å². The smallest absolute Gasteiger partial charge is 0.259 e. The van der Waals surface area contributed by atoms with Gasteiger partial charge in [0, 0.05) is 25.3 Å². The molecule has 0 aromatic heterocycles. The van der Waals surface area contributed by atoms with E-state index in [4.69, 9.17) is 0 Å². The Labute approximate surface area is 141 Å². The molecule has 6 nitrogen and oxygen atoms in total. The van der Waals surface area contributed by atoms with Gasteiger partial charge in [-0.1, -0.05) is 30.3 Å². The molecule has 2 aromatic rings. The zero-order chi connectivity index (χ0) is 17.4. The van der Waals surface area contributed by atoms with Gasteiger partial charge >= 0.3 is 0 Å². The second-order valence-electron chi connectivity index (χ2n) is 5.33. The summed E-state index contributed by atoms with van der Waals surface area (Å²) in [7, 11) is 3.93. The minimum atomic E-state index is -0.388. The van der Waals surface area contributed by atoms with E-state index in [1.807, 2.05) is 49.3 Å². The number of hydrogen-bond acceptors (Lipinski definition) is 4. The maximum Gasteiger partial charge on any atom is 0.259 e. The van der Waals surface area contributed by atoms with E-state index in [0.29, 0.717) is 5.56 Å². The number of nitrogens with one attached hydrogen (secondary N) is 2. The van der Waals surface area contributed by atoms with Gasteiger partial charge in [0.15, 0.2) is 0 Å². The average Bonchev–Trinajstić information content (AvgIpc) is 2.61. The molecule has 2 amide bonds. The Balaban J connectivity index is 1.77. The summed E-state index contributed by atoms with van der Waals surface area (Å²) in [5, 5.41) is 6.41. The monoisotopic (exact) mass is 324 g/mol. The van der Waals surface area contributed by atoms with Crippen LogP contribution in [0.15, 0.2) is 59.7 Å². The van der Waals surface area contributed by atoms with Gasteiger partial charge < -0.3 is 10.2 Å². The lowest BCUT2D eigenvalue weighted by Crippen LogP contribution is -2.34. The minimum Gasteiger partial charge on any atom is -0.378 e. The van der Waals surface area contributed by atoms with Crippen molar-refractivity contribution in [3.05, 3.63) is 65.7 Å². The molecule has 0 bridgehead atoms. The molecule has 0 aliphatic carbocycles. The van der Waals surface area contributed by atoms with Gasteiger partial charge in [0.05, 0.1) is 12.8 Å². The predicted octanol–water partition coefficient (Wildman–Crippen LogP) is 1.63. The lowest BCUT2D eigenvalue weighted by molar-refractivity contribution is -0.120. The Kier molecular flexibility index (Phi) is 6.08. The average molecular weight is 324 g/mol. The van der Waals surface area contributed by atoms with E-state index in [1.165, 1.54) is 0 Å². The fourth-order valence-electron chi connectivity index (χ4n) is 1.93. The topological polar surface area (TPSA) is 73.8 Å². The molecule has 24 heavy (non-hydrogen) atoms. The van der Waals surface area contributed by atoms with Crippen LogP contribution in [0.2, 0.25) is 0 Å². The third-order valence-corrected chi connectivity index (χ3v) is 3.26. The lowest BCUT2D eigenvalue weighted by atomic mass is 10.2. The Hall–Kier alpha value is -3.15. The molecule has 2 rings (SSSR count). The molecule has 124 valence electrons. The third-order valence-electron chi connectivity index (χ3n) is 3.26. The van der Waals surface area contributed by atoms with Crippen molar-refractivity contribution in [1.29, 1.82) is 0 Å². The minimum absolute atomic E-state index is 0.134. The molecule has 0 fully saturated rings. The van der Waals surface area contributed by atoms with Crippen LogP contribution < -0.4 is 15.6 Å². The lowest BCUT2D eigenvalue weighted by Gasteiger charge is -2.11. The number of nitrogens with zero attached hydrogens (tertiary/aromatic N) is 2. The molecule has 0 saturated carbocycles. The number of anilines is 1. The third kappa shape index (κ3) is 5.24. The van der Waals surface area contributed by atoms with Crippen LogP contribution in [0.3, 0.4) is 0 Å². The van der Waals surface area contributed by atoms with Crippen molar-refractivity contribution in [3.63, 3.8) is 0 Å². The standard InChI is InChI=1S/C18H20N4O2/c1-22(2)16-10-8-14(9-11-16)12-20-21-17(23)13-19-18(24)15-6-4-3-5-7-15/h3-12H,13H2,1-2H3,(H,19,24)(H,21,23)/b20-12+. The van der Waals surface area contributed by atoms with Crippen LogP contribution >= 0.6 is 0 Å². The van der Waals surface area contributed by atoms with Crippen LogP contribution in [-0.4, -0.2) is 38.7 Å². The van der Waals surface area contributed by atoms with Gasteiger partial charge in [0.2, 0.25) is 0 Å². The predicted molar refractivity (Wildman–Crippen MR) is 95.3 cm³/mol. The molecule has 0 saturated heterocycles. The first-order valence-electron chi connectivity index (χ1n) is 7.49. The summed E-state index contributed by atoms with van der Waals surface area (Å²) >= 11 is 0. The van der Waals surface area contributed by atoms with Crippen LogP contribution in [0.5, 0.6) is 0 Å². The Morgan fingerprint density at radius 3 is 2.33 bits per heavy atom. The first-order valence-corrected chi connectivity index (χ1v) is 7.49. The summed E-state index contributed by atoms with van der Waals surface area (Å²) < 4.78 is 0. The summed E-state index contributed by atoms with van der Waals surface area (Å²) in [6.07, 6.45) is 1.55. The van der Waals surface area contributed by atoms with Gasteiger partial charge in [0.25, 0.3) is 11.8 Å². The second-order valence-corrected chi connectivity index (χ2v) is 5.33. The maximum absolute atomic E-state index is 11.8. The van der Waals surface area contributed by atoms with E-state index in [0.717, 1.165) is 11.3 Å². The van der Waals surface area contributed by atoms with Gasteiger partial charge in [-0.25, -0.2) is 5.43 Å². The van der Waals surface area contributed by atoms with E-state index in [9.17, 15) is 9.59 Å². The van der Waals surface area contributed by atoms with Gasteiger partial charge in [-0.3, -0.25) is 9.59 Å². The highest BCUT2D eigenvalue weighted by molar-refractivity contribution is 5.96. The Morgan fingerprint density at radius 1 is 1.04 bits per heavy atom. The molecule has 6 heteroatoms. The first kappa shape index (κ1) is 17.2. The van der Waals surface area contributed by atoms with Crippen molar-refractivity contribution in [2.24, 2.45) is 5.10 Å². The molecular formula is C18H20N4O2. The number of amides is 2. The summed E-state index contributed by atoms with van der Waals surface area (Å²) in [6, 6.07) is 16.5. The molecule has 2 N–H and O–H groups in total. The molecule has 0 atom stereocenters. The zero-order valence-electron chi connectivity index (χ0n) is 13.7. The number of rotatable bonds is 6. The molecule has 0 unspecified atom stereocenters. The molecule has 2 aromatic carbocycles. The fourth-order valence-corrected chi connectivity index (χ4v) is 1.93. The van der Waals surface area contributed by atoms with E-state index in [2.05, 4.69) is 15.8 Å². The van der Waals surface area contributed by atoms with E-state index < -0.39 is 0 Å². The highest BCUT2D eigenvalue weighted by Crippen LogP contribution is 2.10. The number of benzene rings is 2. The van der Waals surface area contributed by atoms with Crippen molar-refractivity contribution in [3.8, 4) is 0 Å². The first-order chi connectivity index (χ1) is 11.6. The van der Waals surface area contributed by atoms with Crippen LogP contribution in [0.1, 0.15) is 15.9 Å². The van der Waals surface area contributed by atoms with E-state index in [-0.39, 0.29) is 18.4 Å². The fraction of sp³-hybridized carbons (Fsp3) is 0.167. The van der Waals surface area contributed by atoms with Gasteiger partial charge in [0.1, 0.15) is 0 Å². The number of carbonyl (C=O) groups is 2. The van der Waals surface area contributed by atoms with Crippen LogP contribution in [-0.2, 0) is 4.79 Å². The summed E-state index contributed by atoms with van der Waals surface area (Å²) in [5.41, 5.74) is 4.84. The SMILES string of the molecule is CN(C)c1ccc(/C=N/NC(=O)CNC(=O)c2ccccc2)cc1. The van der Waals surface area contributed by atoms with Gasteiger partial charge in [-0.15, -0.1) is 0 Å². The number of carbonyl (C=O) groups excluding carboxylic acids is 2. The summed E-state index contributed by atoms with van der Waals surface area (Å²) in [6.45, 7) is -0.134. The Morgan fingerprint density at radius 2 is 1.71 bits per heavy atom. The molecule has 0 radical (unpaired) electrons. The molecule has 0 aliphatic heterocycles. The van der Waals surface area contributed by atoms with Crippen molar-refractivity contribution in [2.45, 2.75) is 0 Å². The van der Waals surface area contributed by atoms with Crippen molar-refractivity contribution >= 4 is 23.7 Å². The highest BCUT2D eigenvalue weighted by Gasteiger charge is 2.06. The summed E-state index contributed by atoms with van der Waals surface area (Å²) in [4.78, 5) is 25.5. The molecular weight excluding hydrogens is 304 g/mol. The number of hydrazone groups is 1. The van der Waals surface area contributed by atoms with Gasteiger partial charge in [-0.05, 0) is 29.8 Å². The van der Waals surface area contributed by atoms with E-state index in [1.54, 1.807) is 30.5 Å². The summed E-state index contributed by atoms with van der Waals surface area (Å²) in [5.74, 6) is -0.686. The Bertz CT molecular complexity index is 710. The maximum atomic E-state index is 11.8. The normalized spacial score (nSPS) is 10.4. The van der Waals surface area contributed by atoms with Gasteiger partial charge in [-0.2, -0.15) is 5.10 Å². The van der Waals surface area contributed by atoms with Crippen molar-refractivity contribution in [1.82, 2.24) is 10.7 Å². The highest BCUT2D eigenvalue weighted by atomic mass is 16.2. The van der Waals surface area contributed by atoms with Crippen LogP contribution in [0.4, 0.5) is 5.69 Å².